The first-order valence-electron chi connectivity index (χ1n) is 5.51. The molecule has 86 valence electrons. The molecule has 0 aliphatic rings. The van der Waals surface area contributed by atoms with Crippen LogP contribution in [0.4, 0.5) is 0 Å². The molecule has 16 heavy (non-hydrogen) atoms. The summed E-state index contributed by atoms with van der Waals surface area (Å²) in [6, 6.07) is 6.09. The summed E-state index contributed by atoms with van der Waals surface area (Å²) < 4.78 is 5.18. The fraction of sp³-hybridized carbons (Fsp3) is 0.417. The Balaban J connectivity index is 2.35. The van der Waals surface area contributed by atoms with Gasteiger partial charge in [-0.1, -0.05) is 6.92 Å². The lowest BCUT2D eigenvalue weighted by molar-refractivity contribution is 0.415. The van der Waals surface area contributed by atoms with Gasteiger partial charge in [0.2, 0.25) is 0 Å². The van der Waals surface area contributed by atoms with Crippen LogP contribution in [0.15, 0.2) is 18.2 Å². The maximum atomic E-state index is 5.18. The van der Waals surface area contributed by atoms with Crippen molar-refractivity contribution < 1.29 is 4.74 Å². The molecule has 0 aliphatic carbocycles. The molecule has 4 heteroatoms. The van der Waals surface area contributed by atoms with E-state index in [1.165, 1.54) is 0 Å². The van der Waals surface area contributed by atoms with Gasteiger partial charge in [-0.3, -0.25) is 0 Å². The van der Waals surface area contributed by atoms with Crippen LogP contribution in [-0.4, -0.2) is 23.6 Å². The molecule has 0 spiro atoms. The summed E-state index contributed by atoms with van der Waals surface area (Å²) in [5.74, 6) is 1.81. The Morgan fingerprint density at radius 3 is 3.00 bits per heavy atom. The Labute approximate surface area is 95.0 Å². The maximum absolute atomic E-state index is 5.18. The highest BCUT2D eigenvalue weighted by atomic mass is 16.5. The van der Waals surface area contributed by atoms with Crippen LogP contribution in [0.5, 0.6) is 5.75 Å². The summed E-state index contributed by atoms with van der Waals surface area (Å²) in [5, 5.41) is 3.33. The molecule has 2 rings (SSSR count). The lowest BCUT2D eigenvalue weighted by atomic mass is 10.3. The number of methoxy groups -OCH3 is 1. The van der Waals surface area contributed by atoms with Gasteiger partial charge in [-0.05, 0) is 25.6 Å². The molecule has 1 aromatic carbocycles. The standard InChI is InChI=1S/C12H17N3O/c1-4-13-8(2)12-14-10-6-5-9(16-3)7-11(10)15-12/h5-8,13H,4H2,1-3H3,(H,14,15). The first-order chi connectivity index (χ1) is 7.74. The average Bonchev–Trinajstić information content (AvgIpc) is 2.71. The number of hydrogen-bond donors (Lipinski definition) is 2. The van der Waals surface area contributed by atoms with Gasteiger partial charge in [-0.2, -0.15) is 0 Å². The largest absolute Gasteiger partial charge is 0.497 e. The lowest BCUT2D eigenvalue weighted by Gasteiger charge is -2.07. The van der Waals surface area contributed by atoms with Gasteiger partial charge in [0.1, 0.15) is 11.6 Å². The van der Waals surface area contributed by atoms with Crippen LogP contribution in [-0.2, 0) is 0 Å². The normalized spacial score (nSPS) is 12.9. The zero-order chi connectivity index (χ0) is 11.5. The van der Waals surface area contributed by atoms with E-state index in [0.29, 0.717) is 0 Å². The molecule has 1 atom stereocenters. The molecule has 0 bridgehead atoms. The second kappa shape index (κ2) is 4.53. The van der Waals surface area contributed by atoms with Crippen molar-refractivity contribution >= 4 is 11.0 Å². The first-order valence-corrected chi connectivity index (χ1v) is 5.51. The zero-order valence-electron chi connectivity index (χ0n) is 9.87. The molecule has 4 nitrogen and oxygen atoms in total. The predicted octanol–water partition coefficient (Wildman–Crippen LogP) is 2.24. The minimum atomic E-state index is 0.239. The number of H-pyrrole nitrogens is 1. The highest BCUT2D eigenvalue weighted by Gasteiger charge is 2.09. The van der Waals surface area contributed by atoms with E-state index in [0.717, 1.165) is 29.2 Å². The number of hydrogen-bond acceptors (Lipinski definition) is 3. The van der Waals surface area contributed by atoms with E-state index in [2.05, 4.69) is 29.1 Å². The van der Waals surface area contributed by atoms with Crippen molar-refractivity contribution in [1.29, 1.82) is 0 Å². The SMILES string of the molecule is CCNC(C)c1nc2ccc(OC)cc2[nH]1. The second-order valence-electron chi connectivity index (χ2n) is 3.78. The molecular weight excluding hydrogens is 202 g/mol. The molecule has 2 N–H and O–H groups in total. The van der Waals surface area contributed by atoms with Gasteiger partial charge in [-0.25, -0.2) is 4.98 Å². The van der Waals surface area contributed by atoms with Crippen LogP contribution in [0.2, 0.25) is 0 Å². The Bertz CT molecular complexity index is 478. The summed E-state index contributed by atoms with van der Waals surface area (Å²) in [5.41, 5.74) is 1.99. The highest BCUT2D eigenvalue weighted by Crippen LogP contribution is 2.20. The number of imidazole rings is 1. The quantitative estimate of drug-likeness (QED) is 0.829. The van der Waals surface area contributed by atoms with Crippen molar-refractivity contribution in [3.05, 3.63) is 24.0 Å². The summed E-state index contributed by atoms with van der Waals surface area (Å²) in [6.45, 7) is 5.11. The Hall–Kier alpha value is -1.55. The van der Waals surface area contributed by atoms with E-state index in [-0.39, 0.29) is 6.04 Å². The third kappa shape index (κ3) is 2.02. The second-order valence-corrected chi connectivity index (χ2v) is 3.78. The van der Waals surface area contributed by atoms with E-state index in [1.807, 2.05) is 18.2 Å². The third-order valence-electron chi connectivity index (χ3n) is 2.63. The number of nitrogens with zero attached hydrogens (tertiary/aromatic N) is 1. The van der Waals surface area contributed by atoms with Crippen LogP contribution < -0.4 is 10.1 Å². The molecular formula is C12H17N3O. The molecule has 1 aromatic heterocycles. The Morgan fingerprint density at radius 1 is 1.50 bits per heavy atom. The van der Waals surface area contributed by atoms with E-state index in [9.17, 15) is 0 Å². The predicted molar refractivity (Wildman–Crippen MR) is 64.7 cm³/mol. The van der Waals surface area contributed by atoms with Crippen molar-refractivity contribution in [2.45, 2.75) is 19.9 Å². The number of ether oxygens (including phenoxy) is 1. The Morgan fingerprint density at radius 2 is 2.31 bits per heavy atom. The van der Waals surface area contributed by atoms with E-state index in [4.69, 9.17) is 4.74 Å². The van der Waals surface area contributed by atoms with Crippen LogP contribution in [0.25, 0.3) is 11.0 Å². The number of nitrogens with one attached hydrogen (secondary N) is 2. The first kappa shape index (κ1) is 11.0. The maximum Gasteiger partial charge on any atom is 0.124 e. The third-order valence-corrected chi connectivity index (χ3v) is 2.63. The molecule has 0 saturated heterocycles. The van der Waals surface area contributed by atoms with Crippen molar-refractivity contribution in [3.63, 3.8) is 0 Å². The number of benzene rings is 1. The number of aromatic nitrogens is 2. The van der Waals surface area contributed by atoms with Crippen LogP contribution in [0.1, 0.15) is 25.7 Å². The fourth-order valence-electron chi connectivity index (χ4n) is 1.74. The number of fused-ring (bicyclic) bond motifs is 1. The summed E-state index contributed by atoms with van der Waals surface area (Å²) in [6.07, 6.45) is 0. The summed E-state index contributed by atoms with van der Waals surface area (Å²) in [4.78, 5) is 7.83. The van der Waals surface area contributed by atoms with Crippen molar-refractivity contribution in [1.82, 2.24) is 15.3 Å². The van der Waals surface area contributed by atoms with Crippen molar-refractivity contribution in [3.8, 4) is 5.75 Å². The molecule has 0 saturated carbocycles. The molecule has 1 heterocycles. The lowest BCUT2D eigenvalue weighted by Crippen LogP contribution is -2.18. The smallest absolute Gasteiger partial charge is 0.124 e. The molecule has 2 aromatic rings. The van der Waals surface area contributed by atoms with Gasteiger partial charge >= 0.3 is 0 Å². The van der Waals surface area contributed by atoms with Crippen LogP contribution >= 0.6 is 0 Å². The zero-order valence-corrected chi connectivity index (χ0v) is 9.87. The molecule has 0 amide bonds. The molecule has 0 radical (unpaired) electrons. The monoisotopic (exact) mass is 219 g/mol. The van der Waals surface area contributed by atoms with Gasteiger partial charge in [-0.15, -0.1) is 0 Å². The summed E-state index contributed by atoms with van der Waals surface area (Å²) >= 11 is 0. The molecule has 0 fully saturated rings. The minimum absolute atomic E-state index is 0.239. The molecule has 1 unspecified atom stereocenters. The fourth-order valence-corrected chi connectivity index (χ4v) is 1.74. The minimum Gasteiger partial charge on any atom is -0.497 e. The average molecular weight is 219 g/mol. The van der Waals surface area contributed by atoms with E-state index >= 15 is 0 Å². The summed E-state index contributed by atoms with van der Waals surface area (Å²) in [7, 11) is 1.67. The van der Waals surface area contributed by atoms with Gasteiger partial charge in [0, 0.05) is 6.07 Å². The van der Waals surface area contributed by atoms with Crippen molar-refractivity contribution in [2.75, 3.05) is 13.7 Å². The van der Waals surface area contributed by atoms with Gasteiger partial charge < -0.3 is 15.0 Å². The van der Waals surface area contributed by atoms with Gasteiger partial charge in [0.25, 0.3) is 0 Å². The topological polar surface area (TPSA) is 49.9 Å². The van der Waals surface area contributed by atoms with Crippen molar-refractivity contribution in [2.24, 2.45) is 0 Å². The van der Waals surface area contributed by atoms with E-state index in [1.54, 1.807) is 7.11 Å². The van der Waals surface area contributed by atoms with Crippen LogP contribution in [0, 0.1) is 0 Å². The van der Waals surface area contributed by atoms with Gasteiger partial charge in [0.15, 0.2) is 0 Å². The number of aromatic amines is 1. The number of rotatable bonds is 4. The molecule has 0 aliphatic heterocycles. The van der Waals surface area contributed by atoms with Crippen LogP contribution in [0.3, 0.4) is 0 Å². The van der Waals surface area contributed by atoms with Gasteiger partial charge in [0.05, 0.1) is 24.2 Å². The van der Waals surface area contributed by atoms with E-state index < -0.39 is 0 Å². The Kier molecular flexibility index (Phi) is 3.10. The highest BCUT2D eigenvalue weighted by molar-refractivity contribution is 5.76.